The van der Waals surface area contributed by atoms with Gasteiger partial charge in [-0.15, -0.1) is 0 Å². The van der Waals surface area contributed by atoms with Gasteiger partial charge in [0.2, 0.25) is 0 Å². The number of carbonyl (C=O) groups is 2. The Morgan fingerprint density at radius 3 is 2.16 bits per heavy atom. The van der Waals surface area contributed by atoms with Crippen molar-refractivity contribution in [3.63, 3.8) is 0 Å². The first-order valence-electron chi connectivity index (χ1n) is 10.4. The number of benzene rings is 2. The maximum absolute atomic E-state index is 13.0. The number of esters is 1. The summed E-state index contributed by atoms with van der Waals surface area (Å²) >= 11 is 0. The molecule has 0 fully saturated rings. The van der Waals surface area contributed by atoms with Crippen molar-refractivity contribution in [2.45, 2.75) is 32.2 Å². The highest BCUT2D eigenvalue weighted by Gasteiger charge is 2.22. The van der Waals surface area contributed by atoms with Crippen LogP contribution in [0.5, 0.6) is 23.0 Å². The molecule has 0 heterocycles. The van der Waals surface area contributed by atoms with Gasteiger partial charge in [0.15, 0.2) is 23.0 Å². The SMILES string of the molecule is CCCCOc1ccc(C(=O)NC(CC(=O)OC)c2ccc(OC)c(OC)c2)cc1OC. The summed E-state index contributed by atoms with van der Waals surface area (Å²) in [6, 6.07) is 9.54. The topological polar surface area (TPSA) is 92.3 Å². The zero-order valence-corrected chi connectivity index (χ0v) is 19.2. The van der Waals surface area contributed by atoms with Gasteiger partial charge in [0.05, 0.1) is 47.5 Å². The number of unbranched alkanes of at least 4 members (excludes halogenated alkanes) is 1. The van der Waals surface area contributed by atoms with Crippen molar-refractivity contribution in [1.82, 2.24) is 5.32 Å². The lowest BCUT2D eigenvalue weighted by atomic mass is 10.0. The summed E-state index contributed by atoms with van der Waals surface area (Å²) in [6.07, 6.45) is 1.89. The summed E-state index contributed by atoms with van der Waals surface area (Å²) in [6.45, 7) is 2.65. The van der Waals surface area contributed by atoms with Crippen molar-refractivity contribution in [3.05, 3.63) is 47.5 Å². The highest BCUT2D eigenvalue weighted by atomic mass is 16.5. The summed E-state index contributed by atoms with van der Waals surface area (Å²) < 4.78 is 26.5. The van der Waals surface area contributed by atoms with E-state index in [9.17, 15) is 9.59 Å². The fourth-order valence-electron chi connectivity index (χ4n) is 3.07. The monoisotopic (exact) mass is 445 g/mol. The molecule has 0 aliphatic rings. The average molecular weight is 446 g/mol. The molecule has 1 N–H and O–H groups in total. The van der Waals surface area contributed by atoms with Gasteiger partial charge in [-0.25, -0.2) is 0 Å². The molecule has 1 amide bonds. The first-order chi connectivity index (χ1) is 15.5. The van der Waals surface area contributed by atoms with Crippen LogP contribution in [-0.2, 0) is 9.53 Å². The molecule has 0 aliphatic heterocycles. The third-order valence-electron chi connectivity index (χ3n) is 4.90. The summed E-state index contributed by atoms with van der Waals surface area (Å²) in [4.78, 5) is 25.0. The van der Waals surface area contributed by atoms with Crippen molar-refractivity contribution in [3.8, 4) is 23.0 Å². The van der Waals surface area contributed by atoms with Crippen molar-refractivity contribution in [2.24, 2.45) is 0 Å². The molecule has 0 bridgehead atoms. The van der Waals surface area contributed by atoms with Gasteiger partial charge in [0.1, 0.15) is 0 Å². The Morgan fingerprint density at radius 1 is 0.875 bits per heavy atom. The van der Waals surface area contributed by atoms with Crippen LogP contribution >= 0.6 is 0 Å². The minimum absolute atomic E-state index is 0.0485. The lowest BCUT2D eigenvalue weighted by Crippen LogP contribution is -2.30. The third-order valence-corrected chi connectivity index (χ3v) is 4.90. The number of rotatable bonds is 12. The smallest absolute Gasteiger partial charge is 0.307 e. The van der Waals surface area contributed by atoms with E-state index in [-0.39, 0.29) is 12.3 Å². The van der Waals surface area contributed by atoms with E-state index in [0.717, 1.165) is 12.8 Å². The molecule has 0 saturated carbocycles. The highest BCUT2D eigenvalue weighted by molar-refractivity contribution is 5.95. The highest BCUT2D eigenvalue weighted by Crippen LogP contribution is 2.32. The molecule has 32 heavy (non-hydrogen) atoms. The van der Waals surface area contributed by atoms with Gasteiger partial charge in [-0.1, -0.05) is 19.4 Å². The number of nitrogens with one attached hydrogen (secondary N) is 1. The second kappa shape index (κ2) is 12.4. The predicted molar refractivity (Wildman–Crippen MR) is 120 cm³/mol. The summed E-state index contributed by atoms with van der Waals surface area (Å²) in [5.74, 6) is 1.24. The van der Waals surface area contributed by atoms with Crippen LogP contribution in [0.2, 0.25) is 0 Å². The van der Waals surface area contributed by atoms with Crippen LogP contribution in [-0.4, -0.2) is 46.9 Å². The van der Waals surface area contributed by atoms with Crippen LogP contribution in [0.15, 0.2) is 36.4 Å². The van der Waals surface area contributed by atoms with E-state index in [1.54, 1.807) is 36.4 Å². The third kappa shape index (κ3) is 6.54. The molecule has 2 rings (SSSR count). The lowest BCUT2D eigenvalue weighted by molar-refractivity contribution is -0.141. The summed E-state index contributed by atoms with van der Waals surface area (Å²) in [7, 11) is 5.88. The van der Waals surface area contributed by atoms with E-state index < -0.39 is 12.0 Å². The Balaban J connectivity index is 2.27. The first-order valence-corrected chi connectivity index (χ1v) is 10.4. The maximum Gasteiger partial charge on any atom is 0.307 e. The average Bonchev–Trinajstić information content (AvgIpc) is 2.83. The van der Waals surface area contributed by atoms with E-state index in [1.807, 2.05) is 0 Å². The minimum Gasteiger partial charge on any atom is -0.493 e. The van der Waals surface area contributed by atoms with Crippen LogP contribution in [0.3, 0.4) is 0 Å². The van der Waals surface area contributed by atoms with E-state index in [4.69, 9.17) is 23.7 Å². The number of ether oxygens (including phenoxy) is 5. The zero-order chi connectivity index (χ0) is 23.5. The van der Waals surface area contributed by atoms with Crippen LogP contribution in [0.1, 0.15) is 48.1 Å². The van der Waals surface area contributed by atoms with Gasteiger partial charge in [0, 0.05) is 5.56 Å². The molecule has 0 saturated heterocycles. The van der Waals surface area contributed by atoms with E-state index in [2.05, 4.69) is 12.2 Å². The molecule has 0 aliphatic carbocycles. The molecule has 8 heteroatoms. The number of amides is 1. The Bertz CT molecular complexity index is 913. The van der Waals surface area contributed by atoms with Gasteiger partial charge in [-0.3, -0.25) is 9.59 Å². The zero-order valence-electron chi connectivity index (χ0n) is 19.2. The quantitative estimate of drug-likeness (QED) is 0.391. The lowest BCUT2D eigenvalue weighted by Gasteiger charge is -2.20. The second-order valence-electron chi connectivity index (χ2n) is 6.99. The second-order valence-corrected chi connectivity index (χ2v) is 6.99. The minimum atomic E-state index is -0.638. The number of carbonyl (C=O) groups excluding carboxylic acids is 2. The summed E-state index contributed by atoms with van der Waals surface area (Å²) in [5.41, 5.74) is 1.05. The van der Waals surface area contributed by atoms with Crippen LogP contribution in [0.4, 0.5) is 0 Å². The fraction of sp³-hybridized carbons (Fsp3) is 0.417. The van der Waals surface area contributed by atoms with Crippen molar-refractivity contribution in [1.29, 1.82) is 0 Å². The molecule has 174 valence electrons. The number of hydrogen-bond acceptors (Lipinski definition) is 7. The molecule has 2 aromatic carbocycles. The summed E-state index contributed by atoms with van der Waals surface area (Å²) in [5, 5.41) is 2.89. The van der Waals surface area contributed by atoms with Gasteiger partial charge < -0.3 is 29.0 Å². The van der Waals surface area contributed by atoms with E-state index in [1.165, 1.54) is 28.4 Å². The Hall–Kier alpha value is -3.42. The van der Waals surface area contributed by atoms with Crippen molar-refractivity contribution in [2.75, 3.05) is 35.0 Å². The first kappa shape index (κ1) is 24.8. The van der Waals surface area contributed by atoms with Crippen LogP contribution < -0.4 is 24.3 Å². The van der Waals surface area contributed by atoms with Gasteiger partial charge in [-0.2, -0.15) is 0 Å². The molecule has 0 radical (unpaired) electrons. The molecule has 2 aromatic rings. The molecule has 8 nitrogen and oxygen atoms in total. The van der Waals surface area contributed by atoms with Crippen molar-refractivity contribution >= 4 is 11.9 Å². The number of hydrogen-bond donors (Lipinski definition) is 1. The predicted octanol–water partition coefficient (Wildman–Crippen LogP) is 3.93. The molecule has 0 spiro atoms. The van der Waals surface area contributed by atoms with Gasteiger partial charge in [0.25, 0.3) is 5.91 Å². The molecule has 1 atom stereocenters. The normalized spacial score (nSPS) is 11.3. The molecular formula is C24H31NO7. The Labute approximate surface area is 188 Å². The fourth-order valence-corrected chi connectivity index (χ4v) is 3.07. The standard InChI is InChI=1S/C24H31NO7/c1-6-7-12-32-20-11-9-17(14-22(20)30-4)24(27)25-18(15-23(26)31-5)16-8-10-19(28-2)21(13-16)29-3/h8-11,13-14,18H,6-7,12,15H2,1-5H3,(H,25,27). The van der Waals surface area contributed by atoms with Gasteiger partial charge in [-0.05, 0) is 42.3 Å². The molecule has 0 aromatic heterocycles. The van der Waals surface area contributed by atoms with E-state index in [0.29, 0.717) is 40.7 Å². The van der Waals surface area contributed by atoms with Crippen molar-refractivity contribution < 1.29 is 33.3 Å². The maximum atomic E-state index is 13.0. The van der Waals surface area contributed by atoms with E-state index >= 15 is 0 Å². The largest absolute Gasteiger partial charge is 0.493 e. The Morgan fingerprint density at radius 2 is 1.53 bits per heavy atom. The van der Waals surface area contributed by atoms with Crippen LogP contribution in [0.25, 0.3) is 0 Å². The molecule has 1 unspecified atom stereocenters. The molecular weight excluding hydrogens is 414 g/mol. The van der Waals surface area contributed by atoms with Crippen LogP contribution in [0, 0.1) is 0 Å². The number of methoxy groups -OCH3 is 4. The Kier molecular flexibility index (Phi) is 9.66. The van der Waals surface area contributed by atoms with Gasteiger partial charge >= 0.3 is 5.97 Å².